The second kappa shape index (κ2) is 7.65. The van der Waals surface area contributed by atoms with Gasteiger partial charge in [-0.15, -0.1) is 0 Å². The zero-order chi connectivity index (χ0) is 18.5. The molecule has 2 amide bonds. The number of nitrogens with one attached hydrogen (secondary N) is 2. The molecule has 1 atom stereocenters. The fourth-order valence-corrected chi connectivity index (χ4v) is 2.68. The largest absolute Gasteiger partial charge is 0.336 e. The first-order valence-corrected chi connectivity index (χ1v) is 8.27. The van der Waals surface area contributed by atoms with Crippen LogP contribution in [0.3, 0.4) is 0 Å². The summed E-state index contributed by atoms with van der Waals surface area (Å²) >= 11 is 0. The fraction of sp³-hybridized carbons (Fsp3) is 0.150. The highest BCUT2D eigenvalue weighted by Crippen LogP contribution is 2.17. The summed E-state index contributed by atoms with van der Waals surface area (Å²) in [6.07, 6.45) is 0. The van der Waals surface area contributed by atoms with Crippen LogP contribution >= 0.6 is 0 Å². The molecule has 3 aromatic rings. The van der Waals surface area contributed by atoms with Crippen LogP contribution < -0.4 is 10.6 Å². The lowest BCUT2D eigenvalue weighted by Gasteiger charge is -2.19. The van der Waals surface area contributed by atoms with Crippen LogP contribution in [-0.2, 0) is 11.8 Å². The topological polar surface area (TPSA) is 76.0 Å². The van der Waals surface area contributed by atoms with Gasteiger partial charge in [0.2, 0.25) is 0 Å². The number of amides is 2. The minimum absolute atomic E-state index is 0.309. The van der Waals surface area contributed by atoms with Gasteiger partial charge in [-0.05, 0) is 24.6 Å². The summed E-state index contributed by atoms with van der Waals surface area (Å²) in [5.41, 5.74) is 2.00. The first-order chi connectivity index (χ1) is 12.5. The Hall–Kier alpha value is -3.41. The molecule has 2 aromatic carbocycles. The molecule has 2 N–H and O–H groups in total. The van der Waals surface area contributed by atoms with E-state index in [0.717, 1.165) is 5.69 Å². The summed E-state index contributed by atoms with van der Waals surface area (Å²) in [6.45, 7) is 1.85. The highest BCUT2D eigenvalue weighted by molar-refractivity contribution is 6.01. The lowest BCUT2D eigenvalue weighted by molar-refractivity contribution is -0.118. The van der Waals surface area contributed by atoms with Gasteiger partial charge in [0.05, 0.1) is 5.69 Å². The molecule has 6 nitrogen and oxygen atoms in total. The first kappa shape index (κ1) is 17.4. The normalized spacial score (nSPS) is 11.6. The minimum Gasteiger partial charge on any atom is -0.336 e. The average molecular weight is 348 g/mol. The molecule has 0 aliphatic rings. The number of carbonyl (C=O) groups is 2. The van der Waals surface area contributed by atoms with Gasteiger partial charge in [-0.2, -0.15) is 5.10 Å². The fourth-order valence-electron chi connectivity index (χ4n) is 2.68. The third kappa shape index (κ3) is 3.97. The van der Waals surface area contributed by atoms with E-state index in [1.54, 1.807) is 42.1 Å². The number of benzene rings is 2. The molecular weight excluding hydrogens is 328 g/mol. The van der Waals surface area contributed by atoms with E-state index in [2.05, 4.69) is 15.7 Å². The Morgan fingerprint density at radius 2 is 1.62 bits per heavy atom. The van der Waals surface area contributed by atoms with Gasteiger partial charge >= 0.3 is 0 Å². The summed E-state index contributed by atoms with van der Waals surface area (Å²) in [6, 6.07) is 18.9. The van der Waals surface area contributed by atoms with Crippen molar-refractivity contribution in [1.82, 2.24) is 15.1 Å². The molecule has 1 aromatic heterocycles. The molecule has 6 heteroatoms. The van der Waals surface area contributed by atoms with E-state index < -0.39 is 6.04 Å². The van der Waals surface area contributed by atoms with Crippen LogP contribution in [0, 0.1) is 6.92 Å². The van der Waals surface area contributed by atoms with Crippen LogP contribution in [0.1, 0.15) is 27.7 Å². The second-order valence-corrected chi connectivity index (χ2v) is 5.97. The van der Waals surface area contributed by atoms with E-state index in [1.165, 1.54) is 0 Å². The molecule has 0 fully saturated rings. The molecule has 1 heterocycles. The molecule has 0 aliphatic carbocycles. The summed E-state index contributed by atoms with van der Waals surface area (Å²) in [4.78, 5) is 25.4. The Morgan fingerprint density at radius 3 is 2.19 bits per heavy atom. The summed E-state index contributed by atoms with van der Waals surface area (Å²) in [5, 5.41) is 9.87. The molecule has 1 unspecified atom stereocenters. The van der Waals surface area contributed by atoms with E-state index in [9.17, 15) is 9.59 Å². The van der Waals surface area contributed by atoms with Gasteiger partial charge < -0.3 is 10.6 Å². The zero-order valence-electron chi connectivity index (χ0n) is 14.6. The number of aromatic nitrogens is 2. The van der Waals surface area contributed by atoms with Crippen molar-refractivity contribution in [2.24, 2.45) is 7.05 Å². The molecule has 26 heavy (non-hydrogen) atoms. The van der Waals surface area contributed by atoms with Crippen LogP contribution in [0.4, 0.5) is 5.82 Å². The number of rotatable bonds is 5. The third-order valence-corrected chi connectivity index (χ3v) is 3.96. The van der Waals surface area contributed by atoms with E-state index in [0.29, 0.717) is 16.9 Å². The quantitative estimate of drug-likeness (QED) is 0.744. The Kier molecular flexibility index (Phi) is 5.12. The molecule has 0 radical (unpaired) electrons. The molecule has 0 saturated heterocycles. The number of hydrogen-bond acceptors (Lipinski definition) is 3. The molecule has 0 bridgehead atoms. The maximum Gasteiger partial charge on any atom is 0.252 e. The van der Waals surface area contributed by atoms with Crippen LogP contribution in [0.15, 0.2) is 66.7 Å². The van der Waals surface area contributed by atoms with Crippen molar-refractivity contribution in [3.8, 4) is 0 Å². The molecule has 0 spiro atoms. The number of aryl methyl sites for hydroxylation is 2. The predicted octanol–water partition coefficient (Wildman–Crippen LogP) is 2.84. The third-order valence-electron chi connectivity index (χ3n) is 3.96. The highest BCUT2D eigenvalue weighted by Gasteiger charge is 2.24. The maximum absolute atomic E-state index is 12.9. The Bertz CT molecular complexity index is 904. The summed E-state index contributed by atoms with van der Waals surface area (Å²) in [5.74, 6) is -0.0679. The van der Waals surface area contributed by atoms with Crippen molar-refractivity contribution >= 4 is 17.6 Å². The number of nitrogens with zero attached hydrogens (tertiary/aromatic N) is 2. The smallest absolute Gasteiger partial charge is 0.252 e. The Balaban J connectivity index is 1.85. The summed E-state index contributed by atoms with van der Waals surface area (Å²) in [7, 11) is 1.75. The number of anilines is 1. The van der Waals surface area contributed by atoms with E-state index >= 15 is 0 Å². The standard InChI is InChI=1S/C20H20N4O2/c1-14-13-17(24(2)23-14)21-20(26)18(15-9-5-3-6-10-15)22-19(25)16-11-7-4-8-12-16/h3-13,18H,1-2H3,(H,21,26)(H,22,25). The summed E-state index contributed by atoms with van der Waals surface area (Å²) < 4.78 is 1.59. The molecule has 3 rings (SSSR count). The second-order valence-electron chi connectivity index (χ2n) is 5.97. The minimum atomic E-state index is -0.820. The SMILES string of the molecule is Cc1cc(NC(=O)C(NC(=O)c2ccccc2)c2ccccc2)n(C)n1. The van der Waals surface area contributed by atoms with Crippen molar-refractivity contribution in [3.05, 3.63) is 83.6 Å². The van der Waals surface area contributed by atoms with Crippen LogP contribution in [0.25, 0.3) is 0 Å². The van der Waals surface area contributed by atoms with Gasteiger partial charge in [0.1, 0.15) is 11.9 Å². The van der Waals surface area contributed by atoms with Crippen molar-refractivity contribution < 1.29 is 9.59 Å². The zero-order valence-corrected chi connectivity index (χ0v) is 14.6. The van der Waals surface area contributed by atoms with E-state index in [4.69, 9.17) is 0 Å². The lowest BCUT2D eigenvalue weighted by atomic mass is 10.1. The van der Waals surface area contributed by atoms with Gasteiger partial charge in [0.15, 0.2) is 0 Å². The highest BCUT2D eigenvalue weighted by atomic mass is 16.2. The van der Waals surface area contributed by atoms with Crippen molar-refractivity contribution in [3.63, 3.8) is 0 Å². The van der Waals surface area contributed by atoms with E-state index in [1.807, 2.05) is 43.3 Å². The van der Waals surface area contributed by atoms with Gasteiger partial charge in [-0.3, -0.25) is 14.3 Å². The average Bonchev–Trinajstić information content (AvgIpc) is 2.97. The first-order valence-electron chi connectivity index (χ1n) is 8.27. The lowest BCUT2D eigenvalue weighted by Crippen LogP contribution is -2.37. The van der Waals surface area contributed by atoms with Crippen LogP contribution in [-0.4, -0.2) is 21.6 Å². The van der Waals surface area contributed by atoms with Crippen LogP contribution in [0.5, 0.6) is 0 Å². The van der Waals surface area contributed by atoms with Gasteiger partial charge in [0.25, 0.3) is 11.8 Å². The maximum atomic E-state index is 12.9. The predicted molar refractivity (Wildman–Crippen MR) is 99.7 cm³/mol. The molecule has 0 saturated carbocycles. The van der Waals surface area contributed by atoms with Crippen molar-refractivity contribution in [1.29, 1.82) is 0 Å². The Morgan fingerprint density at radius 1 is 1.00 bits per heavy atom. The van der Waals surface area contributed by atoms with Gasteiger partial charge in [-0.1, -0.05) is 48.5 Å². The molecular formula is C20H20N4O2. The van der Waals surface area contributed by atoms with Gasteiger partial charge in [0, 0.05) is 18.7 Å². The Labute approximate surface area is 151 Å². The monoisotopic (exact) mass is 348 g/mol. The molecule has 132 valence electrons. The van der Waals surface area contributed by atoms with Crippen molar-refractivity contribution in [2.75, 3.05) is 5.32 Å². The van der Waals surface area contributed by atoms with E-state index in [-0.39, 0.29) is 11.8 Å². The number of hydrogen-bond donors (Lipinski definition) is 2. The van der Waals surface area contributed by atoms with Crippen molar-refractivity contribution in [2.45, 2.75) is 13.0 Å². The molecule has 0 aliphatic heterocycles. The van der Waals surface area contributed by atoms with Crippen LogP contribution in [0.2, 0.25) is 0 Å². The number of carbonyl (C=O) groups excluding carboxylic acids is 2. The van der Waals surface area contributed by atoms with Gasteiger partial charge in [-0.25, -0.2) is 0 Å².